The van der Waals surface area contributed by atoms with Crippen LogP contribution in [-0.2, 0) is 4.79 Å². The average Bonchev–Trinajstić information content (AvgIpc) is 2.51. The molecule has 0 aliphatic rings. The van der Waals surface area contributed by atoms with Crippen LogP contribution in [0, 0.1) is 6.92 Å². The van der Waals surface area contributed by atoms with Crippen molar-refractivity contribution in [3.63, 3.8) is 0 Å². The van der Waals surface area contributed by atoms with Gasteiger partial charge in [-0.15, -0.1) is 0 Å². The number of carbonyl (C=O) groups excluding carboxylic acids is 1. The molecule has 0 unspecified atom stereocenters. The summed E-state index contributed by atoms with van der Waals surface area (Å²) in [4.78, 5) is 11.7. The number of benzene rings is 2. The molecule has 1 amide bonds. The van der Waals surface area contributed by atoms with E-state index in [1.165, 1.54) is 12.3 Å². The van der Waals surface area contributed by atoms with Crippen LogP contribution in [-0.4, -0.2) is 23.8 Å². The maximum atomic E-state index is 11.7. The lowest BCUT2D eigenvalue weighted by atomic mass is 10.1. The molecule has 126 valence electrons. The lowest BCUT2D eigenvalue weighted by molar-refractivity contribution is -0.123. The van der Waals surface area contributed by atoms with Crippen molar-refractivity contribution in [2.45, 2.75) is 6.92 Å². The van der Waals surface area contributed by atoms with Gasteiger partial charge in [-0.1, -0.05) is 39.1 Å². The molecule has 0 saturated heterocycles. The number of phenols is 1. The molecule has 8 heteroatoms. The van der Waals surface area contributed by atoms with E-state index in [1.54, 1.807) is 31.2 Å². The number of phenolic OH excluding ortho intramolecular Hbond substituents is 1. The number of aromatic hydroxyl groups is 1. The Balaban J connectivity index is 1.91. The number of ether oxygens (including phenoxy) is 1. The summed E-state index contributed by atoms with van der Waals surface area (Å²) in [5.41, 5.74) is 3.48. The number of rotatable bonds is 5. The largest absolute Gasteiger partial charge is 0.507 e. The monoisotopic (exact) mass is 430 g/mol. The lowest BCUT2D eigenvalue weighted by Crippen LogP contribution is -2.24. The van der Waals surface area contributed by atoms with Crippen molar-refractivity contribution < 1.29 is 14.6 Å². The van der Waals surface area contributed by atoms with Crippen LogP contribution in [0.25, 0.3) is 0 Å². The smallest absolute Gasteiger partial charge is 0.277 e. The fourth-order valence-electron chi connectivity index (χ4n) is 1.80. The first-order chi connectivity index (χ1) is 11.4. The molecule has 0 spiro atoms. The lowest BCUT2D eigenvalue weighted by Gasteiger charge is -2.07. The molecule has 0 aliphatic carbocycles. The first-order valence-electron chi connectivity index (χ1n) is 6.75. The zero-order valence-electron chi connectivity index (χ0n) is 12.5. The Morgan fingerprint density at radius 3 is 2.83 bits per heavy atom. The van der Waals surface area contributed by atoms with Crippen molar-refractivity contribution in [3.05, 3.63) is 56.0 Å². The number of aryl methyl sites for hydroxylation is 1. The minimum atomic E-state index is -0.469. The third-order valence-corrected chi connectivity index (χ3v) is 3.93. The Labute approximate surface area is 157 Å². The molecule has 0 radical (unpaired) electrons. The van der Waals surface area contributed by atoms with Crippen molar-refractivity contribution in [2.24, 2.45) is 5.10 Å². The van der Waals surface area contributed by atoms with Crippen LogP contribution in [0.5, 0.6) is 11.5 Å². The van der Waals surface area contributed by atoms with Crippen molar-refractivity contribution in [2.75, 3.05) is 6.61 Å². The average molecular weight is 432 g/mol. The number of hydrazone groups is 1. The predicted molar refractivity (Wildman–Crippen MR) is 98.2 cm³/mol. The summed E-state index contributed by atoms with van der Waals surface area (Å²) in [6.07, 6.45) is 1.35. The van der Waals surface area contributed by atoms with Crippen molar-refractivity contribution in [1.29, 1.82) is 0 Å². The van der Waals surface area contributed by atoms with Gasteiger partial charge in [-0.2, -0.15) is 5.10 Å². The number of carbonyl (C=O) groups is 1. The Kier molecular flexibility index (Phi) is 6.48. The Bertz CT molecular complexity index is 797. The molecule has 2 aromatic rings. The van der Waals surface area contributed by atoms with Crippen LogP contribution in [0.15, 0.2) is 39.9 Å². The van der Waals surface area contributed by atoms with Gasteiger partial charge < -0.3 is 9.84 Å². The van der Waals surface area contributed by atoms with E-state index in [0.29, 0.717) is 26.9 Å². The fourth-order valence-corrected chi connectivity index (χ4v) is 2.85. The van der Waals surface area contributed by atoms with E-state index in [9.17, 15) is 9.90 Å². The summed E-state index contributed by atoms with van der Waals surface area (Å²) >= 11 is 15.0. The highest BCUT2D eigenvalue weighted by Crippen LogP contribution is 2.27. The van der Waals surface area contributed by atoms with E-state index in [4.69, 9.17) is 27.9 Å². The van der Waals surface area contributed by atoms with Gasteiger partial charge in [0.2, 0.25) is 0 Å². The minimum Gasteiger partial charge on any atom is -0.507 e. The van der Waals surface area contributed by atoms with Gasteiger partial charge in [0.1, 0.15) is 11.5 Å². The van der Waals surface area contributed by atoms with E-state index >= 15 is 0 Å². The predicted octanol–water partition coefficient (Wildman–Crippen LogP) is 4.30. The van der Waals surface area contributed by atoms with Gasteiger partial charge in [-0.05, 0) is 42.8 Å². The highest BCUT2D eigenvalue weighted by atomic mass is 79.9. The summed E-state index contributed by atoms with van der Waals surface area (Å²) < 4.78 is 6.08. The molecule has 0 heterocycles. The Hall–Kier alpha value is -1.76. The van der Waals surface area contributed by atoms with Crippen LogP contribution < -0.4 is 10.2 Å². The van der Waals surface area contributed by atoms with E-state index in [1.807, 2.05) is 0 Å². The van der Waals surface area contributed by atoms with Crippen LogP contribution in [0.3, 0.4) is 0 Å². The molecule has 0 aromatic heterocycles. The van der Waals surface area contributed by atoms with Gasteiger partial charge in [0.25, 0.3) is 5.91 Å². The number of nitrogens with one attached hydrogen (secondary N) is 1. The number of hydrogen-bond acceptors (Lipinski definition) is 4. The van der Waals surface area contributed by atoms with Gasteiger partial charge >= 0.3 is 0 Å². The highest BCUT2D eigenvalue weighted by Gasteiger charge is 2.07. The molecule has 0 saturated carbocycles. The number of amides is 1. The SMILES string of the molecule is Cc1cc(Br)cc(/C=N/NC(=O)COc2ccc(Cl)cc2Cl)c1O. The Morgan fingerprint density at radius 1 is 1.38 bits per heavy atom. The second-order valence-corrected chi connectivity index (χ2v) is 6.58. The molecular formula is C16H13BrCl2N2O3. The number of halogens is 3. The third kappa shape index (κ3) is 5.12. The normalized spacial score (nSPS) is 10.8. The number of nitrogens with zero attached hydrogens (tertiary/aromatic N) is 1. The minimum absolute atomic E-state index is 0.0976. The van der Waals surface area contributed by atoms with E-state index in [0.717, 1.165) is 4.47 Å². The standard InChI is InChI=1S/C16H13BrCl2N2O3/c1-9-4-11(17)5-10(16(9)23)7-20-21-15(22)8-24-14-3-2-12(18)6-13(14)19/h2-7,23H,8H2,1H3,(H,21,22)/b20-7+. The summed E-state index contributed by atoms with van der Waals surface area (Å²) in [6, 6.07) is 8.16. The first kappa shape index (κ1) is 18.6. The van der Waals surface area contributed by atoms with Crippen LogP contribution in [0.4, 0.5) is 0 Å². The van der Waals surface area contributed by atoms with Crippen LogP contribution in [0.2, 0.25) is 10.0 Å². The first-order valence-corrected chi connectivity index (χ1v) is 8.30. The Morgan fingerprint density at radius 2 is 2.12 bits per heavy atom. The van der Waals surface area contributed by atoms with Crippen LogP contribution >= 0.6 is 39.1 Å². The van der Waals surface area contributed by atoms with Crippen LogP contribution in [0.1, 0.15) is 11.1 Å². The molecular weight excluding hydrogens is 419 g/mol. The quantitative estimate of drug-likeness (QED) is 0.547. The molecule has 0 aliphatic heterocycles. The summed E-state index contributed by atoms with van der Waals surface area (Å²) in [6.45, 7) is 1.50. The van der Waals surface area contributed by atoms with E-state index < -0.39 is 5.91 Å². The second kappa shape index (κ2) is 8.37. The summed E-state index contributed by atoms with van der Waals surface area (Å²) in [7, 11) is 0. The molecule has 2 aromatic carbocycles. The second-order valence-electron chi connectivity index (χ2n) is 4.82. The maximum Gasteiger partial charge on any atom is 0.277 e. The third-order valence-electron chi connectivity index (χ3n) is 2.94. The molecule has 0 fully saturated rings. The summed E-state index contributed by atoms with van der Waals surface area (Å²) in [5, 5.41) is 14.5. The molecule has 5 nitrogen and oxygen atoms in total. The van der Waals surface area contributed by atoms with Crippen molar-refractivity contribution in [1.82, 2.24) is 5.43 Å². The molecule has 0 bridgehead atoms. The topological polar surface area (TPSA) is 70.9 Å². The van der Waals surface area contributed by atoms with E-state index in [2.05, 4.69) is 26.5 Å². The van der Waals surface area contributed by atoms with Crippen molar-refractivity contribution in [3.8, 4) is 11.5 Å². The van der Waals surface area contributed by atoms with Gasteiger partial charge in [-0.3, -0.25) is 4.79 Å². The zero-order valence-corrected chi connectivity index (χ0v) is 15.6. The van der Waals surface area contributed by atoms with E-state index in [-0.39, 0.29) is 12.4 Å². The number of hydrogen-bond donors (Lipinski definition) is 2. The molecule has 24 heavy (non-hydrogen) atoms. The summed E-state index contributed by atoms with van der Waals surface area (Å²) in [5.74, 6) is -0.0238. The fraction of sp³-hybridized carbons (Fsp3) is 0.125. The molecule has 0 atom stereocenters. The van der Waals surface area contributed by atoms with Gasteiger partial charge in [0, 0.05) is 15.1 Å². The van der Waals surface area contributed by atoms with Gasteiger partial charge in [-0.25, -0.2) is 5.43 Å². The zero-order chi connectivity index (χ0) is 17.7. The van der Waals surface area contributed by atoms with Gasteiger partial charge in [0.05, 0.1) is 11.2 Å². The molecule has 2 N–H and O–H groups in total. The van der Waals surface area contributed by atoms with Gasteiger partial charge in [0.15, 0.2) is 6.61 Å². The highest BCUT2D eigenvalue weighted by molar-refractivity contribution is 9.10. The molecule has 2 rings (SSSR count). The maximum absolute atomic E-state index is 11.7. The van der Waals surface area contributed by atoms with Crippen molar-refractivity contribution >= 4 is 51.3 Å².